The second-order valence-corrected chi connectivity index (χ2v) is 20.7. The fourth-order valence-electron chi connectivity index (χ4n) is 9.67. The first-order valence-corrected chi connectivity index (χ1v) is 21.5. The summed E-state index contributed by atoms with van der Waals surface area (Å²) in [6.45, 7) is 12.0. The van der Waals surface area contributed by atoms with Crippen LogP contribution >= 0.6 is 0 Å². The Morgan fingerprint density at radius 1 is 0.962 bits per heavy atom. The molecule has 2 aromatic rings. The molecule has 2 bridgehead atoms. The predicted octanol–water partition coefficient (Wildman–Crippen LogP) is 4.38. The monoisotopic (exact) mass is 746 g/mol. The highest BCUT2D eigenvalue weighted by atomic mass is 28.4. The third kappa shape index (κ3) is 5.83. The van der Waals surface area contributed by atoms with Crippen LogP contribution in [0.3, 0.4) is 0 Å². The molecule has 2 unspecified atom stereocenters. The van der Waals surface area contributed by atoms with Crippen LogP contribution < -0.4 is 5.19 Å². The number of aliphatic hydroxyl groups is 2. The lowest BCUT2D eigenvalue weighted by Gasteiger charge is -2.67. The van der Waals surface area contributed by atoms with Crippen LogP contribution in [-0.4, -0.2) is 84.4 Å². The minimum Gasteiger partial charge on any atom is -0.455 e. The van der Waals surface area contributed by atoms with Gasteiger partial charge >= 0.3 is 17.9 Å². The van der Waals surface area contributed by atoms with Crippen molar-refractivity contribution >= 4 is 37.2 Å². The van der Waals surface area contributed by atoms with E-state index in [9.17, 15) is 24.6 Å². The fraction of sp³-hybridized carbons (Fsp3) is 0.561. The van der Waals surface area contributed by atoms with E-state index < -0.39 is 90.3 Å². The molecule has 2 aromatic carbocycles. The second-order valence-electron chi connectivity index (χ2n) is 16.9. The molecule has 53 heavy (non-hydrogen) atoms. The summed E-state index contributed by atoms with van der Waals surface area (Å²) in [5, 5.41) is 26.1. The van der Waals surface area contributed by atoms with Gasteiger partial charge < -0.3 is 33.6 Å². The lowest BCUT2D eigenvalue weighted by Crippen LogP contribution is -2.81. The molecule has 4 aliphatic carbocycles. The van der Waals surface area contributed by atoms with E-state index in [0.717, 1.165) is 5.19 Å². The summed E-state index contributed by atoms with van der Waals surface area (Å²) < 4.78 is 32.3. The van der Waals surface area contributed by atoms with E-state index in [2.05, 4.69) is 0 Å². The quantitative estimate of drug-likeness (QED) is 0.225. The number of allylic oxidation sites excluding steroid dienone is 1. The molecule has 3 saturated carbocycles. The topological polar surface area (TPSA) is 155 Å². The normalized spacial score (nSPS) is 36.1. The molecule has 0 amide bonds. The number of hydrogen-bond acceptors (Lipinski definition) is 11. The van der Waals surface area contributed by atoms with Crippen LogP contribution in [0.25, 0.3) is 0 Å². The Kier molecular flexibility index (Phi) is 9.21. The molecule has 0 aromatic heterocycles. The molecule has 1 aliphatic heterocycles. The Morgan fingerprint density at radius 2 is 1.58 bits per heavy atom. The maximum Gasteiger partial charge on any atom is 0.338 e. The first kappa shape index (κ1) is 37.6. The average molecular weight is 747 g/mol. The van der Waals surface area contributed by atoms with E-state index >= 15 is 4.79 Å². The van der Waals surface area contributed by atoms with Gasteiger partial charge in [-0.3, -0.25) is 14.4 Å². The highest BCUT2D eigenvalue weighted by molar-refractivity contribution is 6.84. The zero-order valence-electron chi connectivity index (χ0n) is 31.4. The van der Waals surface area contributed by atoms with Crippen molar-refractivity contribution in [2.24, 2.45) is 28.6 Å². The van der Waals surface area contributed by atoms with Gasteiger partial charge in [0.15, 0.2) is 11.4 Å². The van der Waals surface area contributed by atoms with E-state index in [1.807, 2.05) is 43.4 Å². The summed E-state index contributed by atoms with van der Waals surface area (Å²) in [4.78, 5) is 56.8. The summed E-state index contributed by atoms with van der Waals surface area (Å²) in [6, 6.07) is 18.0. The maximum atomic E-state index is 15.9. The second kappa shape index (κ2) is 13.0. The SMILES string of the molecule is CC(=O)O[C@@]12CO[C@@H]1C[C@H](O[Si](C)(C)c1ccccc1)[C@@]1(C)C(=O)C(OC(=O)C3CC3)=C3C(C)[C@@H](O)C[C@@](O)([C@@H](OC(=O)c4ccccc4)C12)C3(C)C. The number of esters is 3. The van der Waals surface area contributed by atoms with E-state index in [4.69, 9.17) is 23.4 Å². The minimum absolute atomic E-state index is 0.119. The number of ether oxygens (including phenoxy) is 4. The molecule has 284 valence electrons. The lowest BCUT2D eigenvalue weighted by atomic mass is 9.45. The van der Waals surface area contributed by atoms with Crippen molar-refractivity contribution in [2.75, 3.05) is 6.61 Å². The van der Waals surface area contributed by atoms with Crippen LogP contribution in [0.4, 0.5) is 0 Å². The van der Waals surface area contributed by atoms with Crippen molar-refractivity contribution in [1.82, 2.24) is 0 Å². The van der Waals surface area contributed by atoms with E-state index in [-0.39, 0.29) is 42.3 Å². The van der Waals surface area contributed by atoms with Crippen molar-refractivity contribution in [2.45, 2.75) is 109 Å². The molecular formula is C41H50O11Si. The molecular weight excluding hydrogens is 697 g/mol. The van der Waals surface area contributed by atoms with E-state index in [1.54, 1.807) is 58.0 Å². The molecule has 4 fully saturated rings. The van der Waals surface area contributed by atoms with Crippen molar-refractivity contribution in [3.05, 3.63) is 77.6 Å². The smallest absolute Gasteiger partial charge is 0.338 e. The summed E-state index contributed by atoms with van der Waals surface area (Å²) in [7, 11) is -2.85. The summed E-state index contributed by atoms with van der Waals surface area (Å²) in [5.74, 6) is -5.25. The molecule has 1 saturated heterocycles. The molecule has 7 rings (SSSR count). The highest BCUT2D eigenvalue weighted by Crippen LogP contribution is 2.65. The summed E-state index contributed by atoms with van der Waals surface area (Å²) in [5.41, 5.74) is -6.37. The third-order valence-corrected chi connectivity index (χ3v) is 15.5. The summed E-state index contributed by atoms with van der Waals surface area (Å²) >= 11 is 0. The van der Waals surface area contributed by atoms with E-state index in [0.29, 0.717) is 12.8 Å². The zero-order chi connectivity index (χ0) is 38.3. The van der Waals surface area contributed by atoms with Gasteiger partial charge in [-0.2, -0.15) is 0 Å². The van der Waals surface area contributed by atoms with Crippen molar-refractivity contribution in [3.63, 3.8) is 0 Å². The predicted molar refractivity (Wildman–Crippen MR) is 194 cm³/mol. The molecule has 12 heteroatoms. The number of hydrogen-bond donors (Lipinski definition) is 2. The Balaban J connectivity index is 1.52. The van der Waals surface area contributed by atoms with Crippen LogP contribution in [-0.2, 0) is 37.8 Å². The fourth-order valence-corrected chi connectivity index (χ4v) is 11.8. The number of benzene rings is 2. The van der Waals surface area contributed by atoms with Gasteiger partial charge in [0.1, 0.15) is 17.8 Å². The number of aliphatic hydroxyl groups excluding tert-OH is 1. The number of carbonyl (C=O) groups is 4. The van der Waals surface area contributed by atoms with Gasteiger partial charge in [-0.1, -0.05) is 69.3 Å². The minimum atomic E-state index is -2.85. The Labute approximate surface area is 311 Å². The van der Waals surface area contributed by atoms with Gasteiger partial charge in [-0.25, -0.2) is 4.79 Å². The van der Waals surface area contributed by atoms with Crippen LogP contribution in [0.15, 0.2) is 72.0 Å². The number of rotatable bonds is 8. The average Bonchev–Trinajstić information content (AvgIpc) is 3.96. The Bertz CT molecular complexity index is 1840. The molecule has 0 spiro atoms. The molecule has 9 atom stereocenters. The molecule has 1 heterocycles. The van der Waals surface area contributed by atoms with Crippen molar-refractivity contribution in [1.29, 1.82) is 0 Å². The number of Topliss-reactive ketones (excluding diaryl/α,β-unsaturated/α-hetero) is 1. The summed E-state index contributed by atoms with van der Waals surface area (Å²) in [6.07, 6.45) is -3.45. The maximum absolute atomic E-state index is 15.9. The first-order chi connectivity index (χ1) is 24.9. The first-order valence-electron chi connectivity index (χ1n) is 18.6. The number of fused-ring (bicyclic) bond motifs is 5. The van der Waals surface area contributed by atoms with Gasteiger partial charge in [0, 0.05) is 31.1 Å². The van der Waals surface area contributed by atoms with Crippen molar-refractivity contribution in [3.8, 4) is 0 Å². The van der Waals surface area contributed by atoms with Gasteiger partial charge in [-0.15, -0.1) is 0 Å². The largest absolute Gasteiger partial charge is 0.455 e. The van der Waals surface area contributed by atoms with Crippen LogP contribution in [0.2, 0.25) is 13.1 Å². The highest BCUT2D eigenvalue weighted by Gasteiger charge is 2.78. The van der Waals surface area contributed by atoms with Gasteiger partial charge in [0.2, 0.25) is 14.1 Å². The molecule has 0 radical (unpaired) electrons. The van der Waals surface area contributed by atoms with Crippen LogP contribution in [0.5, 0.6) is 0 Å². The van der Waals surface area contributed by atoms with Gasteiger partial charge in [-0.05, 0) is 55.8 Å². The molecule has 5 aliphatic rings. The number of ketones is 1. The lowest BCUT2D eigenvalue weighted by molar-refractivity contribution is -0.344. The molecule has 2 N–H and O–H groups in total. The van der Waals surface area contributed by atoms with E-state index in [1.165, 1.54) is 6.92 Å². The Hall–Kier alpha value is -3.68. The van der Waals surface area contributed by atoms with Gasteiger partial charge in [0.05, 0.1) is 41.6 Å². The Morgan fingerprint density at radius 3 is 2.15 bits per heavy atom. The third-order valence-electron chi connectivity index (χ3n) is 12.9. The molecule has 11 nitrogen and oxygen atoms in total. The number of carbonyl (C=O) groups excluding carboxylic acids is 4. The van der Waals surface area contributed by atoms with Gasteiger partial charge in [0.25, 0.3) is 0 Å². The van der Waals surface area contributed by atoms with Crippen LogP contribution in [0.1, 0.15) is 70.7 Å². The van der Waals surface area contributed by atoms with Crippen LogP contribution in [0, 0.1) is 28.6 Å². The zero-order valence-corrected chi connectivity index (χ0v) is 32.4. The van der Waals surface area contributed by atoms with Crippen molar-refractivity contribution < 1.29 is 52.8 Å². The standard InChI is InChI=1S/C41H50O11Si/c1-23-28(43)21-41(47)35(50-37(46)25-14-10-8-11-15-25)33-39(5,34(44)32(31(23)38(41,3)4)49-36(45)26-18-19-26)29(20-30-40(33,22-48-30)51-24(2)42)52-53(6,7)27-16-12-9-13-17-27/h8-17,23,26,28-30,33,35,43,47H,18-22H2,1-7H3/t23?,28-,29-,30+,33?,35-,39+,40-,41+/m0/s1.